The highest BCUT2D eigenvalue weighted by Gasteiger charge is 2.31. The Morgan fingerprint density at radius 2 is 1.88 bits per heavy atom. The van der Waals surface area contributed by atoms with Crippen LogP contribution < -0.4 is 16.4 Å². The fourth-order valence-corrected chi connectivity index (χ4v) is 2.94. The third-order valence-electron chi connectivity index (χ3n) is 4.76. The number of hydrogen-bond acceptors (Lipinski definition) is 8. The van der Waals surface area contributed by atoms with E-state index in [0.717, 1.165) is 0 Å². The minimum Gasteiger partial charge on any atom is -0.399 e. The molecule has 174 valence electrons. The van der Waals surface area contributed by atoms with Crippen molar-refractivity contribution in [3.63, 3.8) is 0 Å². The monoisotopic (exact) mass is 446 g/mol. The molecule has 8 nitrogen and oxygen atoms in total. The van der Waals surface area contributed by atoms with Gasteiger partial charge in [-0.2, -0.15) is 0 Å². The molecule has 0 bridgehead atoms. The zero-order chi connectivity index (χ0) is 24.1. The molecule has 0 aliphatic rings. The van der Waals surface area contributed by atoms with Gasteiger partial charge in [-0.25, -0.2) is 4.39 Å². The summed E-state index contributed by atoms with van der Waals surface area (Å²) in [6.45, 7) is 0.198. The number of nitrogens with one attached hydrogen (secondary N) is 2. The van der Waals surface area contributed by atoms with E-state index in [9.17, 15) is 23.9 Å². The summed E-state index contributed by atoms with van der Waals surface area (Å²) in [5.74, 6) is -0.452. The molecule has 32 heavy (non-hydrogen) atoms. The van der Waals surface area contributed by atoms with Crippen LogP contribution in [0.25, 0.3) is 0 Å². The molecule has 0 saturated carbocycles. The molecule has 0 aliphatic heterocycles. The van der Waals surface area contributed by atoms with Crippen LogP contribution in [0.5, 0.6) is 0 Å². The molecule has 2 aromatic carbocycles. The van der Waals surface area contributed by atoms with Gasteiger partial charge in [0.15, 0.2) is 12.0 Å². The zero-order valence-electron chi connectivity index (χ0n) is 18.6. The third-order valence-corrected chi connectivity index (χ3v) is 4.76. The van der Waals surface area contributed by atoms with E-state index in [0.29, 0.717) is 46.9 Å². The molecule has 0 radical (unpaired) electrons. The number of rotatable bonds is 11. The van der Waals surface area contributed by atoms with Gasteiger partial charge in [0.1, 0.15) is 18.4 Å². The lowest BCUT2D eigenvalue weighted by molar-refractivity contribution is -0.147. The number of benzene rings is 2. The number of anilines is 2. The van der Waals surface area contributed by atoms with Crippen LogP contribution in [0.4, 0.5) is 15.8 Å². The number of carbonyl (C=O) groups excluding carboxylic acids is 3. The summed E-state index contributed by atoms with van der Waals surface area (Å²) in [5, 5.41) is 16.4. The number of halogens is 1. The Hall–Kier alpha value is -3.14. The average molecular weight is 447 g/mol. The Morgan fingerprint density at radius 1 is 1.19 bits per heavy atom. The highest BCUT2D eigenvalue weighted by atomic mass is 19.1. The predicted octanol–water partition coefficient (Wildman–Crippen LogP) is 1.97. The average Bonchev–Trinajstić information content (AvgIpc) is 2.78. The van der Waals surface area contributed by atoms with E-state index in [-0.39, 0.29) is 25.9 Å². The minimum atomic E-state index is -1.85. The quantitative estimate of drug-likeness (QED) is 0.235. The van der Waals surface area contributed by atoms with Crippen molar-refractivity contribution in [2.24, 2.45) is 0 Å². The third kappa shape index (κ3) is 7.52. The van der Waals surface area contributed by atoms with Crippen molar-refractivity contribution in [1.82, 2.24) is 10.2 Å². The Morgan fingerprint density at radius 3 is 2.44 bits per heavy atom. The lowest BCUT2D eigenvalue weighted by atomic mass is 10.0. The highest BCUT2D eigenvalue weighted by molar-refractivity contribution is 5.81. The van der Waals surface area contributed by atoms with E-state index < -0.39 is 11.5 Å². The van der Waals surface area contributed by atoms with E-state index in [4.69, 9.17) is 5.73 Å². The van der Waals surface area contributed by atoms with Gasteiger partial charge < -0.3 is 26.3 Å². The lowest BCUT2D eigenvalue weighted by Crippen LogP contribution is -2.47. The first kappa shape index (κ1) is 26.9. The second kappa shape index (κ2) is 13.3. The van der Waals surface area contributed by atoms with Gasteiger partial charge >= 0.3 is 0 Å². The first-order chi connectivity index (χ1) is 15.3. The Bertz CT molecular complexity index is 910. The summed E-state index contributed by atoms with van der Waals surface area (Å²) in [5.41, 5.74) is 5.88. The molecule has 0 spiro atoms. The van der Waals surface area contributed by atoms with Crippen LogP contribution in [0.15, 0.2) is 36.4 Å². The molecular weight excluding hydrogens is 415 g/mol. The van der Waals surface area contributed by atoms with Gasteiger partial charge in [-0.1, -0.05) is 18.2 Å². The van der Waals surface area contributed by atoms with E-state index in [1.54, 1.807) is 30.3 Å². The number of hydrogen-bond donors (Lipinski definition) is 4. The highest BCUT2D eigenvalue weighted by Crippen LogP contribution is 2.25. The number of aldehydes is 3. The fraction of sp³-hybridized carbons (Fsp3) is 0.348. The molecule has 2 aromatic rings. The van der Waals surface area contributed by atoms with Gasteiger partial charge in [-0.05, 0) is 44.9 Å². The van der Waals surface area contributed by atoms with Crippen molar-refractivity contribution in [2.75, 3.05) is 32.2 Å². The van der Waals surface area contributed by atoms with Crippen LogP contribution in [0.2, 0.25) is 0 Å². The second-order valence-electron chi connectivity index (χ2n) is 7.25. The van der Waals surface area contributed by atoms with Crippen LogP contribution in [0.1, 0.15) is 34.3 Å². The lowest BCUT2D eigenvalue weighted by Gasteiger charge is -2.33. The number of nitrogens with two attached hydrogens (primary N) is 1. The standard InChI is InChI=1S/C21H24FN3O4.C2H7N/c1-25(21(29,14-28)8-3-9-26)12-18-16(13-27)4-2-5-20(18)24-11-15-6-7-17(23)10-19(15)22;1-3-2/h2,4-7,9-10,13-14,24,29H,3,8,11-12,23H2,1H3;3H,1-2H3. The van der Waals surface area contributed by atoms with Crippen molar-refractivity contribution in [1.29, 1.82) is 0 Å². The normalized spacial score (nSPS) is 12.3. The summed E-state index contributed by atoms with van der Waals surface area (Å²) in [7, 11) is 5.27. The predicted molar refractivity (Wildman–Crippen MR) is 123 cm³/mol. The molecule has 2 rings (SSSR count). The topological polar surface area (TPSA) is 125 Å². The molecule has 1 unspecified atom stereocenters. The fourth-order valence-electron chi connectivity index (χ4n) is 2.94. The molecule has 5 N–H and O–H groups in total. The Kier molecular flexibility index (Phi) is 11.2. The van der Waals surface area contributed by atoms with Crippen LogP contribution in [0, 0.1) is 5.82 Å². The summed E-state index contributed by atoms with van der Waals surface area (Å²) >= 11 is 0. The molecule has 1 atom stereocenters. The molecule has 0 aliphatic carbocycles. The smallest absolute Gasteiger partial charge is 0.175 e. The van der Waals surface area contributed by atoms with E-state index in [1.807, 2.05) is 14.1 Å². The van der Waals surface area contributed by atoms with Gasteiger partial charge in [0.2, 0.25) is 0 Å². The van der Waals surface area contributed by atoms with Gasteiger partial charge in [-0.3, -0.25) is 14.5 Å². The molecule has 0 aromatic heterocycles. The Balaban J connectivity index is 0.00000161. The summed E-state index contributed by atoms with van der Waals surface area (Å²) < 4.78 is 14.0. The number of carbonyl (C=O) groups is 3. The number of aliphatic hydroxyl groups is 1. The maximum absolute atomic E-state index is 14.0. The molecule has 0 saturated heterocycles. The SMILES string of the molecule is CN(Cc1c(C=O)cccc1NCc1ccc(N)cc1F)C(O)(C=O)CCC=O.CNC. The van der Waals surface area contributed by atoms with Crippen molar-refractivity contribution in [3.8, 4) is 0 Å². The first-order valence-electron chi connectivity index (χ1n) is 10.0. The van der Waals surface area contributed by atoms with Gasteiger partial charge in [-0.15, -0.1) is 0 Å². The van der Waals surface area contributed by atoms with Gasteiger partial charge in [0, 0.05) is 48.4 Å². The molecule has 0 fully saturated rings. The van der Waals surface area contributed by atoms with Gasteiger partial charge in [0.05, 0.1) is 0 Å². The van der Waals surface area contributed by atoms with Gasteiger partial charge in [0.25, 0.3) is 0 Å². The number of likely N-dealkylation sites (N-methyl/N-ethyl adjacent to an activating group) is 1. The van der Waals surface area contributed by atoms with Crippen LogP contribution in [-0.2, 0) is 22.7 Å². The van der Waals surface area contributed by atoms with Crippen molar-refractivity contribution in [2.45, 2.75) is 31.7 Å². The van der Waals surface area contributed by atoms with E-state index >= 15 is 0 Å². The number of nitrogen functional groups attached to an aromatic ring is 1. The number of nitrogens with zero attached hydrogens (tertiary/aromatic N) is 1. The van der Waals surface area contributed by atoms with Crippen molar-refractivity contribution in [3.05, 3.63) is 58.9 Å². The van der Waals surface area contributed by atoms with Crippen LogP contribution >= 0.6 is 0 Å². The van der Waals surface area contributed by atoms with Crippen LogP contribution in [-0.4, -0.2) is 55.7 Å². The summed E-state index contributed by atoms with van der Waals surface area (Å²) in [4.78, 5) is 34.9. The van der Waals surface area contributed by atoms with E-state index in [2.05, 4.69) is 10.6 Å². The summed E-state index contributed by atoms with van der Waals surface area (Å²) in [6.07, 6.45) is 1.60. The minimum absolute atomic E-state index is 0.0103. The Labute approximate surface area is 187 Å². The zero-order valence-corrected chi connectivity index (χ0v) is 18.6. The maximum atomic E-state index is 14.0. The van der Waals surface area contributed by atoms with Crippen molar-refractivity contribution < 1.29 is 23.9 Å². The maximum Gasteiger partial charge on any atom is 0.175 e. The molecule has 9 heteroatoms. The molecule has 0 amide bonds. The second-order valence-corrected chi connectivity index (χ2v) is 7.25. The van der Waals surface area contributed by atoms with Crippen molar-refractivity contribution >= 4 is 30.2 Å². The van der Waals surface area contributed by atoms with E-state index in [1.165, 1.54) is 18.0 Å². The summed E-state index contributed by atoms with van der Waals surface area (Å²) in [6, 6.07) is 9.39. The largest absolute Gasteiger partial charge is 0.399 e. The molecular formula is C23H31FN4O4. The molecule has 0 heterocycles. The first-order valence-corrected chi connectivity index (χ1v) is 10.0. The van der Waals surface area contributed by atoms with Crippen LogP contribution in [0.3, 0.4) is 0 Å².